The molecule has 3 heteroatoms. The minimum Gasteiger partial charge on any atom is -0.366 e. The molecule has 2 saturated carbocycles. The van der Waals surface area contributed by atoms with Crippen molar-refractivity contribution in [3.05, 3.63) is 23.9 Å². The first-order valence-electron chi connectivity index (χ1n) is 16.9. The van der Waals surface area contributed by atoms with Crippen LogP contribution in [-0.4, -0.2) is 17.2 Å². The molecule has 0 unspecified atom stereocenters. The van der Waals surface area contributed by atoms with Crippen molar-refractivity contribution < 1.29 is 0 Å². The number of aromatic nitrogens is 2. The summed E-state index contributed by atoms with van der Waals surface area (Å²) in [5, 5.41) is 0. The summed E-state index contributed by atoms with van der Waals surface area (Å²) >= 11 is 0. The average molecular weight is 505 g/mol. The van der Waals surface area contributed by atoms with E-state index in [1.807, 2.05) is 0 Å². The van der Waals surface area contributed by atoms with Crippen molar-refractivity contribution in [1.82, 2.24) is 9.97 Å². The van der Waals surface area contributed by atoms with E-state index in [0.717, 1.165) is 5.82 Å². The number of fused-ring (bicyclic) bond motifs is 1. The third-order valence-corrected chi connectivity index (χ3v) is 9.61. The third kappa shape index (κ3) is 10.8. The van der Waals surface area contributed by atoms with Gasteiger partial charge in [0.15, 0.2) is 7.28 Å². The lowest BCUT2D eigenvalue weighted by Crippen LogP contribution is -2.20. The van der Waals surface area contributed by atoms with E-state index in [2.05, 4.69) is 23.3 Å². The molecule has 0 bridgehead atoms. The fraction of sp³-hybridized carbons (Fsp3) is 0.794. The maximum Gasteiger partial charge on any atom is 0.182 e. The molecule has 2 nitrogen and oxygen atoms in total. The Morgan fingerprint density at radius 2 is 0.973 bits per heavy atom. The van der Waals surface area contributed by atoms with Gasteiger partial charge in [0.05, 0.1) is 11.0 Å². The molecule has 206 valence electrons. The molecule has 2 aliphatic carbocycles. The Labute approximate surface area is 229 Å². The molecule has 1 N–H and O–H groups in total. The van der Waals surface area contributed by atoms with E-state index >= 15 is 0 Å². The van der Waals surface area contributed by atoms with E-state index < -0.39 is 0 Å². The summed E-state index contributed by atoms with van der Waals surface area (Å²) in [4.78, 5) is 8.82. The summed E-state index contributed by atoms with van der Waals surface area (Å²) in [6.07, 6.45) is 38.0. The standard InChI is InChI=1S/C34H57BN2/c1-2-4-9-13-17-21-25-31(24-20-16-12-8-3-1)35-34-27-32-33(37-34)26-30(28-36-32)29-22-18-14-10-6-5-7-11-15-19-23-29/h26-29,31,35,37H,1-25H2. The predicted molar refractivity (Wildman–Crippen MR) is 165 cm³/mol. The first-order chi connectivity index (χ1) is 18.4. The van der Waals surface area contributed by atoms with Crippen LogP contribution in [-0.2, 0) is 0 Å². The number of nitrogens with zero attached hydrogens (tertiary/aromatic N) is 1. The van der Waals surface area contributed by atoms with Crippen molar-refractivity contribution in [2.24, 2.45) is 0 Å². The second-order valence-electron chi connectivity index (χ2n) is 12.8. The Kier molecular flexibility index (Phi) is 13.5. The van der Waals surface area contributed by atoms with Gasteiger partial charge in [-0.2, -0.15) is 0 Å². The van der Waals surface area contributed by atoms with Gasteiger partial charge in [0.1, 0.15) is 0 Å². The Morgan fingerprint density at radius 3 is 1.46 bits per heavy atom. The van der Waals surface area contributed by atoms with Crippen LogP contribution < -0.4 is 5.59 Å². The SMILES string of the molecule is B(c1cc2ncc(C3CCCCCCCCCCC3)cc2[nH]1)C1CCCCCCCCCCCCCC1. The summed E-state index contributed by atoms with van der Waals surface area (Å²) in [7, 11) is 1.22. The van der Waals surface area contributed by atoms with Crippen LogP contribution in [0, 0.1) is 0 Å². The van der Waals surface area contributed by atoms with Crippen LogP contribution in [0.1, 0.15) is 172 Å². The summed E-state index contributed by atoms with van der Waals surface area (Å²) in [6, 6.07) is 4.84. The minimum absolute atomic E-state index is 0.701. The van der Waals surface area contributed by atoms with Crippen molar-refractivity contribution in [2.75, 3.05) is 0 Å². The van der Waals surface area contributed by atoms with Gasteiger partial charge in [-0.05, 0) is 42.0 Å². The van der Waals surface area contributed by atoms with E-state index in [-0.39, 0.29) is 0 Å². The molecular weight excluding hydrogens is 447 g/mol. The van der Waals surface area contributed by atoms with Crippen molar-refractivity contribution >= 4 is 23.9 Å². The lowest BCUT2D eigenvalue weighted by atomic mass is 9.58. The molecule has 2 aliphatic rings. The van der Waals surface area contributed by atoms with Gasteiger partial charge in [-0.1, -0.05) is 153 Å². The molecule has 0 radical (unpaired) electrons. The zero-order valence-electron chi connectivity index (χ0n) is 24.2. The number of H-pyrrole nitrogens is 1. The fourth-order valence-corrected chi connectivity index (χ4v) is 7.20. The van der Waals surface area contributed by atoms with E-state index in [4.69, 9.17) is 4.98 Å². The maximum absolute atomic E-state index is 4.98. The first kappa shape index (κ1) is 28.8. The number of nitrogens with one attached hydrogen (secondary N) is 1. The van der Waals surface area contributed by atoms with Gasteiger partial charge in [-0.3, -0.25) is 4.98 Å². The Balaban J connectivity index is 1.36. The van der Waals surface area contributed by atoms with Crippen molar-refractivity contribution in [3.63, 3.8) is 0 Å². The van der Waals surface area contributed by atoms with Crippen LogP contribution in [0.4, 0.5) is 0 Å². The quantitative estimate of drug-likeness (QED) is 0.414. The largest absolute Gasteiger partial charge is 0.366 e. The predicted octanol–water partition coefficient (Wildman–Crippen LogP) is 10.3. The monoisotopic (exact) mass is 504 g/mol. The molecule has 2 heterocycles. The van der Waals surface area contributed by atoms with Crippen LogP contribution >= 0.6 is 0 Å². The zero-order chi connectivity index (χ0) is 25.4. The molecule has 2 aromatic rings. The van der Waals surface area contributed by atoms with E-state index in [1.165, 1.54) is 190 Å². The summed E-state index contributed by atoms with van der Waals surface area (Å²) in [5.41, 5.74) is 5.40. The van der Waals surface area contributed by atoms with E-state index in [1.54, 1.807) is 0 Å². The summed E-state index contributed by atoms with van der Waals surface area (Å²) in [5.74, 6) is 1.54. The van der Waals surface area contributed by atoms with Gasteiger partial charge in [0.25, 0.3) is 0 Å². The summed E-state index contributed by atoms with van der Waals surface area (Å²) in [6.45, 7) is 0. The number of aromatic amines is 1. The van der Waals surface area contributed by atoms with Gasteiger partial charge in [-0.25, -0.2) is 0 Å². The van der Waals surface area contributed by atoms with Gasteiger partial charge >= 0.3 is 0 Å². The molecule has 2 aromatic heterocycles. The van der Waals surface area contributed by atoms with Gasteiger partial charge in [0.2, 0.25) is 0 Å². The Morgan fingerprint density at radius 1 is 0.541 bits per heavy atom. The van der Waals surface area contributed by atoms with Crippen LogP contribution in [0.3, 0.4) is 0 Å². The molecule has 0 spiro atoms. The van der Waals surface area contributed by atoms with Crippen molar-refractivity contribution in [3.8, 4) is 0 Å². The Hall–Kier alpha value is -1.25. The van der Waals surface area contributed by atoms with E-state index in [0.29, 0.717) is 5.92 Å². The topological polar surface area (TPSA) is 28.7 Å². The molecule has 0 aromatic carbocycles. The molecule has 37 heavy (non-hydrogen) atoms. The van der Waals surface area contributed by atoms with Crippen LogP contribution in [0.15, 0.2) is 18.3 Å². The van der Waals surface area contributed by atoms with Crippen LogP contribution in [0.2, 0.25) is 5.82 Å². The number of hydrogen-bond donors (Lipinski definition) is 1. The molecule has 0 saturated heterocycles. The highest BCUT2D eigenvalue weighted by Gasteiger charge is 2.17. The first-order valence-corrected chi connectivity index (χ1v) is 16.9. The molecule has 0 atom stereocenters. The second kappa shape index (κ2) is 17.4. The van der Waals surface area contributed by atoms with Gasteiger partial charge in [-0.15, -0.1) is 0 Å². The second-order valence-corrected chi connectivity index (χ2v) is 12.8. The summed E-state index contributed by atoms with van der Waals surface area (Å²) < 4.78 is 0. The lowest BCUT2D eigenvalue weighted by molar-refractivity contribution is 0.467. The number of hydrogen-bond acceptors (Lipinski definition) is 1. The fourth-order valence-electron chi connectivity index (χ4n) is 7.20. The average Bonchev–Trinajstić information content (AvgIpc) is 3.29. The van der Waals surface area contributed by atoms with Crippen LogP contribution in [0.5, 0.6) is 0 Å². The van der Waals surface area contributed by atoms with E-state index in [9.17, 15) is 0 Å². The smallest absolute Gasteiger partial charge is 0.182 e. The highest BCUT2D eigenvalue weighted by Crippen LogP contribution is 2.31. The van der Waals surface area contributed by atoms with Gasteiger partial charge < -0.3 is 4.98 Å². The maximum atomic E-state index is 4.98. The minimum atomic E-state index is 0.701. The lowest BCUT2D eigenvalue weighted by Gasteiger charge is -2.18. The highest BCUT2D eigenvalue weighted by atomic mass is 14.8. The normalized spacial score (nSPS) is 22.4. The number of pyridine rings is 1. The molecule has 2 fully saturated rings. The van der Waals surface area contributed by atoms with Crippen molar-refractivity contribution in [1.29, 1.82) is 0 Å². The highest BCUT2D eigenvalue weighted by molar-refractivity contribution is 6.54. The Bertz CT molecular complexity index is 831. The molecular formula is C34H57BN2. The third-order valence-electron chi connectivity index (χ3n) is 9.61. The molecule has 0 aliphatic heterocycles. The van der Waals surface area contributed by atoms with Crippen LogP contribution in [0.25, 0.3) is 11.0 Å². The molecule has 4 rings (SSSR count). The van der Waals surface area contributed by atoms with Crippen molar-refractivity contribution in [2.45, 2.75) is 172 Å². The molecule has 0 amide bonds. The number of rotatable bonds is 3. The zero-order valence-corrected chi connectivity index (χ0v) is 24.2. The van der Waals surface area contributed by atoms with Gasteiger partial charge in [0, 0.05) is 6.20 Å².